The second kappa shape index (κ2) is 5.61. The molecule has 0 saturated heterocycles. The van der Waals surface area contributed by atoms with Crippen LogP contribution in [0.15, 0.2) is 0 Å². The Morgan fingerprint density at radius 2 is 1.85 bits per heavy atom. The van der Waals surface area contributed by atoms with Crippen molar-refractivity contribution in [1.82, 2.24) is 0 Å². The van der Waals surface area contributed by atoms with Crippen LogP contribution in [0.25, 0.3) is 0 Å². The van der Waals surface area contributed by atoms with Crippen molar-refractivity contribution in [3.63, 3.8) is 0 Å². The van der Waals surface area contributed by atoms with Gasteiger partial charge in [0, 0.05) is 6.61 Å². The molecular formula is C11H24O2. The normalized spacial score (nSPS) is 17.1. The van der Waals surface area contributed by atoms with Crippen molar-refractivity contribution < 1.29 is 9.84 Å². The third kappa shape index (κ3) is 6.05. The second-order valence-electron chi connectivity index (χ2n) is 4.82. The topological polar surface area (TPSA) is 29.5 Å². The third-order valence-electron chi connectivity index (χ3n) is 2.62. The molecule has 0 amide bonds. The first-order valence-corrected chi connectivity index (χ1v) is 5.13. The Kier molecular flexibility index (Phi) is 5.57. The van der Waals surface area contributed by atoms with E-state index in [4.69, 9.17) is 4.74 Å². The van der Waals surface area contributed by atoms with Crippen molar-refractivity contribution in [1.29, 1.82) is 0 Å². The lowest BCUT2D eigenvalue weighted by Crippen LogP contribution is -2.25. The molecule has 0 radical (unpaired) electrons. The summed E-state index contributed by atoms with van der Waals surface area (Å²) in [4.78, 5) is 0. The van der Waals surface area contributed by atoms with E-state index < -0.39 is 0 Å². The largest absolute Gasteiger partial charge is 0.391 e. The molecule has 2 heteroatoms. The Hall–Kier alpha value is -0.0800. The molecule has 0 aliphatic heterocycles. The van der Waals surface area contributed by atoms with Gasteiger partial charge in [-0.15, -0.1) is 0 Å². The minimum atomic E-state index is -0.311. The van der Waals surface area contributed by atoms with E-state index in [1.165, 1.54) is 0 Å². The van der Waals surface area contributed by atoms with Gasteiger partial charge in [0.05, 0.1) is 12.7 Å². The fourth-order valence-corrected chi connectivity index (χ4v) is 1.08. The van der Waals surface area contributed by atoms with E-state index in [-0.39, 0.29) is 11.5 Å². The summed E-state index contributed by atoms with van der Waals surface area (Å²) in [5.41, 5.74) is 0.271. The summed E-state index contributed by atoms with van der Waals surface area (Å²) in [5, 5.41) is 9.59. The zero-order valence-corrected chi connectivity index (χ0v) is 9.63. The van der Waals surface area contributed by atoms with E-state index in [9.17, 15) is 5.11 Å². The molecule has 0 bridgehead atoms. The standard InChI is InChI=1S/C11H24O2/c1-6-13-8-10(12)7-9(2)11(3,4)5/h9-10,12H,6-8H2,1-5H3. The van der Waals surface area contributed by atoms with Crippen molar-refractivity contribution in [3.05, 3.63) is 0 Å². The summed E-state index contributed by atoms with van der Waals surface area (Å²) in [5.74, 6) is 0.517. The van der Waals surface area contributed by atoms with Gasteiger partial charge >= 0.3 is 0 Å². The molecule has 0 aromatic rings. The Labute approximate surface area is 82.3 Å². The first-order chi connectivity index (χ1) is 5.88. The molecule has 0 aliphatic carbocycles. The molecule has 2 atom stereocenters. The maximum atomic E-state index is 9.59. The molecule has 1 N–H and O–H groups in total. The van der Waals surface area contributed by atoms with Gasteiger partial charge in [-0.2, -0.15) is 0 Å². The lowest BCUT2D eigenvalue weighted by Gasteiger charge is -2.28. The minimum Gasteiger partial charge on any atom is -0.391 e. The number of rotatable bonds is 5. The van der Waals surface area contributed by atoms with Gasteiger partial charge in [-0.1, -0.05) is 27.7 Å². The van der Waals surface area contributed by atoms with Crippen LogP contribution in [0.5, 0.6) is 0 Å². The van der Waals surface area contributed by atoms with Crippen LogP contribution >= 0.6 is 0 Å². The lowest BCUT2D eigenvalue weighted by molar-refractivity contribution is 0.0198. The van der Waals surface area contributed by atoms with Gasteiger partial charge in [0.1, 0.15) is 0 Å². The number of ether oxygens (including phenoxy) is 1. The Morgan fingerprint density at radius 3 is 2.23 bits per heavy atom. The SMILES string of the molecule is CCOCC(O)CC(C)C(C)(C)C. The zero-order valence-electron chi connectivity index (χ0n) is 9.63. The first-order valence-electron chi connectivity index (χ1n) is 5.13. The number of hydrogen-bond donors (Lipinski definition) is 1. The van der Waals surface area contributed by atoms with Crippen LogP contribution in [0, 0.1) is 11.3 Å². The fraction of sp³-hybridized carbons (Fsp3) is 1.00. The van der Waals surface area contributed by atoms with Crippen LogP contribution < -0.4 is 0 Å². The highest BCUT2D eigenvalue weighted by Crippen LogP contribution is 2.28. The van der Waals surface area contributed by atoms with Gasteiger partial charge in [-0.3, -0.25) is 0 Å². The average molecular weight is 188 g/mol. The summed E-state index contributed by atoms with van der Waals surface area (Å²) in [6.07, 6.45) is 0.512. The van der Waals surface area contributed by atoms with E-state index in [1.807, 2.05) is 6.92 Å². The van der Waals surface area contributed by atoms with E-state index >= 15 is 0 Å². The molecule has 0 aromatic heterocycles. The molecule has 0 fully saturated rings. The van der Waals surface area contributed by atoms with Gasteiger partial charge in [-0.25, -0.2) is 0 Å². The molecule has 0 aromatic carbocycles. The van der Waals surface area contributed by atoms with Crippen molar-refractivity contribution in [2.75, 3.05) is 13.2 Å². The lowest BCUT2D eigenvalue weighted by atomic mass is 9.79. The Balaban J connectivity index is 3.71. The smallest absolute Gasteiger partial charge is 0.0776 e. The highest BCUT2D eigenvalue weighted by molar-refractivity contribution is 4.72. The summed E-state index contributed by atoms with van der Waals surface area (Å²) in [6, 6.07) is 0. The summed E-state index contributed by atoms with van der Waals surface area (Å²) >= 11 is 0. The monoisotopic (exact) mass is 188 g/mol. The predicted molar refractivity (Wildman–Crippen MR) is 55.7 cm³/mol. The molecular weight excluding hydrogens is 164 g/mol. The van der Waals surface area contributed by atoms with Crippen molar-refractivity contribution in [2.45, 2.75) is 47.1 Å². The third-order valence-corrected chi connectivity index (χ3v) is 2.62. The highest BCUT2D eigenvalue weighted by atomic mass is 16.5. The van der Waals surface area contributed by atoms with E-state index in [1.54, 1.807) is 0 Å². The molecule has 80 valence electrons. The van der Waals surface area contributed by atoms with Gasteiger partial charge in [0.25, 0.3) is 0 Å². The molecule has 2 unspecified atom stereocenters. The molecule has 0 rings (SSSR count). The van der Waals surface area contributed by atoms with E-state index in [0.717, 1.165) is 6.42 Å². The van der Waals surface area contributed by atoms with Gasteiger partial charge in [0.15, 0.2) is 0 Å². The maximum absolute atomic E-state index is 9.59. The molecule has 0 heterocycles. The van der Waals surface area contributed by atoms with Crippen molar-refractivity contribution in [2.24, 2.45) is 11.3 Å². The second-order valence-corrected chi connectivity index (χ2v) is 4.82. The van der Waals surface area contributed by atoms with Crippen LogP contribution in [0.3, 0.4) is 0 Å². The first kappa shape index (κ1) is 12.9. The zero-order chi connectivity index (χ0) is 10.5. The van der Waals surface area contributed by atoms with E-state index in [0.29, 0.717) is 19.1 Å². The molecule has 0 aliphatic rings. The maximum Gasteiger partial charge on any atom is 0.0776 e. The van der Waals surface area contributed by atoms with Crippen molar-refractivity contribution in [3.8, 4) is 0 Å². The summed E-state index contributed by atoms with van der Waals surface area (Å²) in [7, 11) is 0. The summed E-state index contributed by atoms with van der Waals surface area (Å²) < 4.78 is 5.16. The van der Waals surface area contributed by atoms with Gasteiger partial charge in [-0.05, 0) is 24.7 Å². The van der Waals surface area contributed by atoms with Crippen LogP contribution in [-0.2, 0) is 4.74 Å². The van der Waals surface area contributed by atoms with Crippen LogP contribution in [0.2, 0.25) is 0 Å². The number of hydrogen-bond acceptors (Lipinski definition) is 2. The quantitative estimate of drug-likeness (QED) is 0.718. The highest BCUT2D eigenvalue weighted by Gasteiger charge is 2.22. The number of aliphatic hydroxyl groups is 1. The Bertz CT molecular complexity index is 127. The summed E-state index contributed by atoms with van der Waals surface area (Å²) in [6.45, 7) is 11.9. The van der Waals surface area contributed by atoms with Crippen LogP contribution in [-0.4, -0.2) is 24.4 Å². The molecule has 0 saturated carbocycles. The average Bonchev–Trinajstić information content (AvgIpc) is 1.99. The molecule has 0 spiro atoms. The van der Waals surface area contributed by atoms with Crippen LogP contribution in [0.1, 0.15) is 41.0 Å². The van der Waals surface area contributed by atoms with Gasteiger partial charge in [0.2, 0.25) is 0 Å². The van der Waals surface area contributed by atoms with E-state index in [2.05, 4.69) is 27.7 Å². The van der Waals surface area contributed by atoms with Gasteiger partial charge < -0.3 is 9.84 Å². The Morgan fingerprint density at radius 1 is 1.31 bits per heavy atom. The molecule has 2 nitrogen and oxygen atoms in total. The minimum absolute atomic E-state index is 0.271. The van der Waals surface area contributed by atoms with Crippen molar-refractivity contribution >= 4 is 0 Å². The fourth-order valence-electron chi connectivity index (χ4n) is 1.08. The number of aliphatic hydroxyl groups excluding tert-OH is 1. The van der Waals surface area contributed by atoms with Crippen LogP contribution in [0.4, 0.5) is 0 Å². The molecule has 13 heavy (non-hydrogen) atoms. The predicted octanol–water partition coefficient (Wildman–Crippen LogP) is 2.46.